The van der Waals surface area contributed by atoms with Gasteiger partial charge < -0.3 is 20.6 Å². The van der Waals surface area contributed by atoms with Gasteiger partial charge in [0.1, 0.15) is 0 Å². The van der Waals surface area contributed by atoms with E-state index in [1.165, 1.54) is 6.07 Å². The molecule has 5 rings (SSSR count). The fraction of sp³-hybridized carbons (Fsp3) is 0.297. The van der Waals surface area contributed by atoms with Gasteiger partial charge in [0.05, 0.1) is 23.8 Å². The highest BCUT2D eigenvalue weighted by molar-refractivity contribution is 6.00. The first-order valence-electron chi connectivity index (χ1n) is 15.5. The van der Waals surface area contributed by atoms with Crippen molar-refractivity contribution >= 4 is 11.8 Å². The second-order valence-electron chi connectivity index (χ2n) is 11.8. The van der Waals surface area contributed by atoms with Crippen molar-refractivity contribution in [1.82, 2.24) is 15.5 Å². The van der Waals surface area contributed by atoms with E-state index in [1.807, 2.05) is 54.3 Å². The topological polar surface area (TPSA) is 81.7 Å². The molecular weight excluding hydrogens is 591 g/mol. The lowest BCUT2D eigenvalue weighted by molar-refractivity contribution is -0.137. The zero-order valence-corrected chi connectivity index (χ0v) is 25.6. The van der Waals surface area contributed by atoms with Crippen LogP contribution >= 0.6 is 0 Å². The van der Waals surface area contributed by atoms with E-state index in [4.69, 9.17) is 0 Å². The maximum atomic E-state index is 13.6. The number of alkyl halides is 3. The zero-order valence-electron chi connectivity index (χ0n) is 25.6. The molecule has 0 spiro atoms. The van der Waals surface area contributed by atoms with Gasteiger partial charge in [-0.15, -0.1) is 0 Å². The molecule has 0 saturated carbocycles. The van der Waals surface area contributed by atoms with E-state index in [9.17, 15) is 27.9 Å². The molecule has 3 N–H and O–H groups in total. The van der Waals surface area contributed by atoms with E-state index in [2.05, 4.69) is 22.8 Å². The van der Waals surface area contributed by atoms with Crippen molar-refractivity contribution in [3.63, 3.8) is 0 Å². The molecule has 1 fully saturated rings. The average Bonchev–Trinajstić information content (AvgIpc) is 3.55. The van der Waals surface area contributed by atoms with Crippen molar-refractivity contribution in [3.8, 4) is 0 Å². The number of nitrogens with zero attached hydrogens (tertiary/aromatic N) is 1. The van der Waals surface area contributed by atoms with Crippen molar-refractivity contribution in [2.24, 2.45) is 0 Å². The smallest absolute Gasteiger partial charge is 0.390 e. The van der Waals surface area contributed by atoms with Gasteiger partial charge in [0.15, 0.2) is 0 Å². The average molecular weight is 630 g/mol. The quantitative estimate of drug-likeness (QED) is 0.177. The summed E-state index contributed by atoms with van der Waals surface area (Å²) >= 11 is 0. The molecule has 3 atom stereocenters. The van der Waals surface area contributed by atoms with Crippen LogP contribution in [0.2, 0.25) is 0 Å². The minimum Gasteiger partial charge on any atom is -0.390 e. The number of nitrogens with one attached hydrogen (secondary N) is 2. The number of aliphatic hydroxyl groups is 1. The van der Waals surface area contributed by atoms with E-state index in [0.29, 0.717) is 29.7 Å². The third-order valence-corrected chi connectivity index (χ3v) is 8.36. The van der Waals surface area contributed by atoms with Crippen LogP contribution in [-0.4, -0.2) is 47.1 Å². The maximum Gasteiger partial charge on any atom is 0.416 e. The number of benzene rings is 4. The highest BCUT2D eigenvalue weighted by Gasteiger charge is 2.32. The summed E-state index contributed by atoms with van der Waals surface area (Å²) in [4.78, 5) is 29.0. The molecule has 0 bridgehead atoms. The van der Waals surface area contributed by atoms with Crippen molar-refractivity contribution in [3.05, 3.63) is 142 Å². The minimum absolute atomic E-state index is 0.0283. The molecule has 9 heteroatoms. The van der Waals surface area contributed by atoms with Crippen LogP contribution in [0.5, 0.6) is 0 Å². The minimum atomic E-state index is -4.44. The summed E-state index contributed by atoms with van der Waals surface area (Å²) in [6, 6.07) is 28.5. The molecular formula is C37H38F3N3O3. The summed E-state index contributed by atoms with van der Waals surface area (Å²) < 4.78 is 39.4. The monoisotopic (exact) mass is 629 g/mol. The van der Waals surface area contributed by atoms with Gasteiger partial charge in [-0.2, -0.15) is 13.2 Å². The Morgan fingerprint density at radius 2 is 1.59 bits per heavy atom. The third-order valence-electron chi connectivity index (χ3n) is 8.36. The van der Waals surface area contributed by atoms with Crippen molar-refractivity contribution < 1.29 is 27.9 Å². The number of hydrogen-bond acceptors (Lipinski definition) is 4. The Labute approximate surface area is 267 Å². The highest BCUT2D eigenvalue weighted by Crippen LogP contribution is 2.33. The Morgan fingerprint density at radius 3 is 2.33 bits per heavy atom. The fourth-order valence-electron chi connectivity index (χ4n) is 5.87. The normalized spacial score (nSPS) is 16.2. The number of amides is 2. The molecule has 240 valence electrons. The molecule has 46 heavy (non-hydrogen) atoms. The number of halogens is 3. The number of aliphatic hydroxyl groups excluding tert-OH is 1. The molecule has 6 nitrogen and oxygen atoms in total. The highest BCUT2D eigenvalue weighted by atomic mass is 19.4. The van der Waals surface area contributed by atoms with Gasteiger partial charge in [-0.25, -0.2) is 0 Å². The summed E-state index contributed by atoms with van der Waals surface area (Å²) in [6.07, 6.45) is -3.41. The molecule has 3 unspecified atom stereocenters. The first-order valence-corrected chi connectivity index (χ1v) is 15.5. The van der Waals surface area contributed by atoms with Crippen LogP contribution in [-0.2, 0) is 19.1 Å². The van der Waals surface area contributed by atoms with Gasteiger partial charge in [0.25, 0.3) is 11.8 Å². The molecule has 4 aromatic carbocycles. The van der Waals surface area contributed by atoms with E-state index < -0.39 is 29.8 Å². The molecule has 0 aromatic heterocycles. The fourth-order valence-corrected chi connectivity index (χ4v) is 5.87. The van der Waals surface area contributed by atoms with E-state index >= 15 is 0 Å². The van der Waals surface area contributed by atoms with Crippen LogP contribution in [0.25, 0.3) is 0 Å². The molecule has 0 radical (unpaired) electrons. The van der Waals surface area contributed by atoms with Crippen LogP contribution in [0.15, 0.2) is 103 Å². The summed E-state index contributed by atoms with van der Waals surface area (Å²) in [5, 5.41) is 17.1. The molecule has 2 amide bonds. The van der Waals surface area contributed by atoms with Gasteiger partial charge in [0, 0.05) is 30.8 Å². The Balaban J connectivity index is 1.27. The number of likely N-dealkylation sites (tertiary alicyclic amines) is 1. The lowest BCUT2D eigenvalue weighted by atomic mass is 10.00. The molecule has 4 aromatic rings. The number of aryl methyl sites for hydroxylation is 1. The SMILES string of the molecule is Cc1ccc(C2CCCN2C(=O)c2cccc(C(=O)NC(Cc3ccccc3)C(O)CNCc3cccc(C(F)(F)F)c3)c2)cc1. The van der Waals surface area contributed by atoms with Gasteiger partial charge in [0.2, 0.25) is 0 Å². The summed E-state index contributed by atoms with van der Waals surface area (Å²) in [6.45, 7) is 2.80. The van der Waals surface area contributed by atoms with E-state index in [0.717, 1.165) is 41.7 Å². The van der Waals surface area contributed by atoms with Crippen LogP contribution in [0, 0.1) is 6.92 Å². The predicted octanol–water partition coefficient (Wildman–Crippen LogP) is 6.48. The summed E-state index contributed by atoms with van der Waals surface area (Å²) in [5.74, 6) is -0.582. The summed E-state index contributed by atoms with van der Waals surface area (Å²) in [5.41, 5.74) is 3.52. The third kappa shape index (κ3) is 8.41. The van der Waals surface area contributed by atoms with Crippen molar-refractivity contribution in [2.45, 2.75) is 57.1 Å². The Hall–Kier alpha value is -4.47. The lowest BCUT2D eigenvalue weighted by Crippen LogP contribution is -2.48. The van der Waals surface area contributed by atoms with E-state index in [-0.39, 0.29) is 25.0 Å². The number of hydrogen-bond donors (Lipinski definition) is 3. The van der Waals surface area contributed by atoms with Crippen LogP contribution in [0.3, 0.4) is 0 Å². The van der Waals surface area contributed by atoms with Gasteiger partial charge in [-0.1, -0.05) is 84.4 Å². The Kier molecular flexibility index (Phi) is 10.6. The Morgan fingerprint density at radius 1 is 0.891 bits per heavy atom. The first kappa shape index (κ1) is 32.9. The van der Waals surface area contributed by atoms with Gasteiger partial charge in [-0.05, 0) is 67.1 Å². The molecule has 1 aliphatic heterocycles. The van der Waals surface area contributed by atoms with Crippen molar-refractivity contribution in [2.75, 3.05) is 13.1 Å². The zero-order chi connectivity index (χ0) is 32.7. The molecule has 1 heterocycles. The molecule has 0 aliphatic carbocycles. The first-order chi connectivity index (χ1) is 22.1. The molecule has 1 aliphatic rings. The number of carbonyl (C=O) groups excluding carboxylic acids is 2. The van der Waals surface area contributed by atoms with Crippen LogP contribution < -0.4 is 10.6 Å². The van der Waals surface area contributed by atoms with Crippen LogP contribution in [0.1, 0.15) is 67.4 Å². The number of rotatable bonds is 11. The largest absolute Gasteiger partial charge is 0.416 e. The van der Waals surface area contributed by atoms with E-state index in [1.54, 1.807) is 30.3 Å². The standard InChI is InChI=1S/C37H38F3N3O3/c1-25-15-17-28(18-16-25)33-14-7-19-43(33)36(46)30-12-6-11-29(22-30)35(45)42-32(21-26-8-3-2-4-9-26)34(44)24-41-23-27-10-5-13-31(20-27)37(38,39)40/h2-6,8-13,15-18,20,22,32-34,41,44H,7,14,19,21,23-24H2,1H3,(H,42,45). The maximum absolute atomic E-state index is 13.6. The van der Waals surface area contributed by atoms with Gasteiger partial charge >= 0.3 is 6.18 Å². The summed E-state index contributed by atoms with van der Waals surface area (Å²) in [7, 11) is 0. The second kappa shape index (κ2) is 14.7. The Bertz CT molecular complexity index is 1630. The lowest BCUT2D eigenvalue weighted by Gasteiger charge is -2.26. The predicted molar refractivity (Wildman–Crippen MR) is 171 cm³/mol. The van der Waals surface area contributed by atoms with Crippen LogP contribution in [0.4, 0.5) is 13.2 Å². The number of carbonyl (C=O) groups is 2. The van der Waals surface area contributed by atoms with Gasteiger partial charge in [-0.3, -0.25) is 9.59 Å². The van der Waals surface area contributed by atoms with Crippen molar-refractivity contribution in [1.29, 1.82) is 0 Å². The molecule has 1 saturated heterocycles. The second-order valence-corrected chi connectivity index (χ2v) is 11.8.